The van der Waals surface area contributed by atoms with Crippen LogP contribution in [0.1, 0.15) is 13.3 Å². The lowest BCUT2D eigenvalue weighted by Crippen LogP contribution is -2.29. The van der Waals surface area contributed by atoms with Gasteiger partial charge in [0.1, 0.15) is 18.6 Å². The van der Waals surface area contributed by atoms with Crippen LogP contribution in [-0.4, -0.2) is 25.9 Å². The van der Waals surface area contributed by atoms with Crippen LogP contribution >= 0.6 is 0 Å². The zero-order chi connectivity index (χ0) is 12.7. The Morgan fingerprint density at radius 1 is 1.41 bits per heavy atom. The first-order chi connectivity index (χ1) is 8.15. The molecule has 1 aromatic rings. The van der Waals surface area contributed by atoms with Gasteiger partial charge in [0, 0.05) is 19.2 Å². The minimum absolute atomic E-state index is 0.0138. The van der Waals surface area contributed by atoms with E-state index in [9.17, 15) is 4.79 Å². The van der Waals surface area contributed by atoms with Crippen molar-refractivity contribution in [3.8, 4) is 5.75 Å². The fourth-order valence-electron chi connectivity index (χ4n) is 1.13. The van der Waals surface area contributed by atoms with E-state index in [1.54, 1.807) is 31.2 Å². The van der Waals surface area contributed by atoms with Crippen LogP contribution in [-0.2, 0) is 9.53 Å². The third kappa shape index (κ3) is 4.84. The second-order valence-corrected chi connectivity index (χ2v) is 3.51. The summed E-state index contributed by atoms with van der Waals surface area (Å²) < 4.78 is 10.2. The molecule has 0 aliphatic heterocycles. The lowest BCUT2D eigenvalue weighted by molar-refractivity contribution is -0.115. The number of methoxy groups -OCH3 is 1. The van der Waals surface area contributed by atoms with Gasteiger partial charge < -0.3 is 20.5 Å². The average molecular weight is 238 g/mol. The highest BCUT2D eigenvalue weighted by Gasteiger charge is 2.02. The van der Waals surface area contributed by atoms with E-state index >= 15 is 0 Å². The number of carbonyl (C=O) groups is 1. The molecule has 0 fully saturated rings. The molecule has 17 heavy (non-hydrogen) atoms. The molecule has 0 aliphatic rings. The molecule has 1 aromatic carbocycles. The molecule has 0 heterocycles. The van der Waals surface area contributed by atoms with Crippen molar-refractivity contribution in [2.45, 2.75) is 19.6 Å². The van der Waals surface area contributed by atoms with E-state index < -0.39 is 6.23 Å². The van der Waals surface area contributed by atoms with Gasteiger partial charge in [-0.15, -0.1) is 0 Å². The van der Waals surface area contributed by atoms with Gasteiger partial charge in [0.05, 0.1) is 0 Å². The predicted molar refractivity (Wildman–Crippen MR) is 65.8 cm³/mol. The van der Waals surface area contributed by atoms with Gasteiger partial charge in [0.2, 0.25) is 5.91 Å². The largest absolute Gasteiger partial charge is 0.489 e. The maximum atomic E-state index is 11.1. The Kier molecular flexibility index (Phi) is 5.45. The van der Waals surface area contributed by atoms with Crippen molar-refractivity contribution >= 4 is 11.6 Å². The molecule has 5 nitrogen and oxygen atoms in total. The normalized spacial score (nSPS) is 11.9. The highest BCUT2D eigenvalue weighted by molar-refractivity contribution is 5.90. The fourth-order valence-corrected chi connectivity index (χ4v) is 1.13. The van der Waals surface area contributed by atoms with E-state index in [-0.39, 0.29) is 12.5 Å². The molecule has 0 radical (unpaired) electrons. The van der Waals surface area contributed by atoms with Crippen LogP contribution in [0.15, 0.2) is 24.3 Å². The van der Waals surface area contributed by atoms with Crippen molar-refractivity contribution in [2.75, 3.05) is 19.0 Å². The van der Waals surface area contributed by atoms with E-state index in [0.29, 0.717) is 12.2 Å². The Morgan fingerprint density at radius 2 is 2.06 bits per heavy atom. The number of hydrogen-bond acceptors (Lipinski definition) is 4. The molecule has 3 N–H and O–H groups in total. The van der Waals surface area contributed by atoms with E-state index in [1.807, 2.05) is 0 Å². The van der Waals surface area contributed by atoms with Crippen molar-refractivity contribution in [1.82, 2.24) is 0 Å². The maximum absolute atomic E-state index is 11.1. The number of amides is 1. The molecule has 0 spiro atoms. The van der Waals surface area contributed by atoms with Gasteiger partial charge in [-0.1, -0.05) is 6.92 Å². The quantitative estimate of drug-likeness (QED) is 0.733. The van der Waals surface area contributed by atoms with Gasteiger partial charge in [-0.3, -0.25) is 4.79 Å². The summed E-state index contributed by atoms with van der Waals surface area (Å²) >= 11 is 0. The van der Waals surface area contributed by atoms with Crippen molar-refractivity contribution in [1.29, 1.82) is 0 Å². The Morgan fingerprint density at radius 3 is 2.59 bits per heavy atom. The molecule has 1 atom stereocenters. The minimum atomic E-state index is -0.436. The predicted octanol–water partition coefficient (Wildman–Crippen LogP) is 1.35. The Balaban J connectivity index is 2.47. The van der Waals surface area contributed by atoms with Crippen LogP contribution in [0.5, 0.6) is 5.75 Å². The standard InChI is InChI=1S/C12H18N2O3/c1-3-12(15)14-9-4-6-10(7-5-9)17-8-11(13)16-2/h4-7,11H,3,8,13H2,1-2H3,(H,14,15). The van der Waals surface area contributed by atoms with E-state index in [0.717, 1.165) is 5.69 Å². The monoisotopic (exact) mass is 238 g/mol. The van der Waals surface area contributed by atoms with E-state index in [4.69, 9.17) is 15.2 Å². The number of ether oxygens (including phenoxy) is 2. The summed E-state index contributed by atoms with van der Waals surface area (Å²) in [7, 11) is 1.53. The summed E-state index contributed by atoms with van der Waals surface area (Å²) in [4.78, 5) is 11.1. The van der Waals surface area contributed by atoms with Crippen LogP contribution in [0.4, 0.5) is 5.69 Å². The van der Waals surface area contributed by atoms with Crippen molar-refractivity contribution in [3.63, 3.8) is 0 Å². The molecule has 0 saturated heterocycles. The first-order valence-corrected chi connectivity index (χ1v) is 5.46. The number of anilines is 1. The highest BCUT2D eigenvalue weighted by atomic mass is 16.5. The number of carbonyl (C=O) groups excluding carboxylic acids is 1. The third-order valence-electron chi connectivity index (χ3n) is 2.18. The molecule has 0 saturated carbocycles. The number of benzene rings is 1. The van der Waals surface area contributed by atoms with E-state index in [1.165, 1.54) is 7.11 Å². The van der Waals surface area contributed by atoms with Gasteiger partial charge in [0.25, 0.3) is 0 Å². The number of nitrogens with two attached hydrogens (primary N) is 1. The summed E-state index contributed by atoms with van der Waals surface area (Å²) in [5, 5.41) is 2.75. The lowest BCUT2D eigenvalue weighted by atomic mass is 10.3. The molecule has 5 heteroatoms. The molecular formula is C12H18N2O3. The first kappa shape index (κ1) is 13.5. The van der Waals surface area contributed by atoms with Crippen LogP contribution in [0.3, 0.4) is 0 Å². The Labute approximate surface area is 101 Å². The summed E-state index contributed by atoms with van der Waals surface area (Å²) in [5.41, 5.74) is 6.28. The summed E-state index contributed by atoms with van der Waals surface area (Å²) in [6.07, 6.45) is 0.0236. The van der Waals surface area contributed by atoms with Crippen molar-refractivity contribution in [3.05, 3.63) is 24.3 Å². The molecule has 0 bridgehead atoms. The SMILES string of the molecule is CCC(=O)Nc1ccc(OCC(N)OC)cc1. The Hall–Kier alpha value is -1.59. The summed E-state index contributed by atoms with van der Waals surface area (Å²) in [6.45, 7) is 2.09. The molecule has 1 unspecified atom stereocenters. The van der Waals surface area contributed by atoms with Crippen LogP contribution in [0, 0.1) is 0 Å². The molecule has 0 aliphatic carbocycles. The van der Waals surface area contributed by atoms with Crippen LogP contribution in [0.25, 0.3) is 0 Å². The average Bonchev–Trinajstić information content (AvgIpc) is 2.37. The third-order valence-corrected chi connectivity index (χ3v) is 2.18. The molecule has 94 valence electrons. The fraction of sp³-hybridized carbons (Fsp3) is 0.417. The zero-order valence-electron chi connectivity index (χ0n) is 10.1. The van der Waals surface area contributed by atoms with Crippen molar-refractivity contribution < 1.29 is 14.3 Å². The minimum Gasteiger partial charge on any atom is -0.489 e. The van der Waals surface area contributed by atoms with Gasteiger partial charge in [-0.25, -0.2) is 0 Å². The first-order valence-electron chi connectivity index (χ1n) is 5.46. The molecule has 0 aromatic heterocycles. The number of rotatable bonds is 6. The lowest BCUT2D eigenvalue weighted by Gasteiger charge is -2.11. The smallest absolute Gasteiger partial charge is 0.224 e. The second kappa shape index (κ2) is 6.88. The zero-order valence-corrected chi connectivity index (χ0v) is 10.1. The number of hydrogen-bond donors (Lipinski definition) is 2. The topological polar surface area (TPSA) is 73.6 Å². The van der Waals surface area contributed by atoms with Crippen LogP contribution in [0.2, 0.25) is 0 Å². The van der Waals surface area contributed by atoms with Gasteiger partial charge in [-0.2, -0.15) is 0 Å². The molecular weight excluding hydrogens is 220 g/mol. The summed E-state index contributed by atoms with van der Waals surface area (Å²) in [6, 6.07) is 7.10. The highest BCUT2D eigenvalue weighted by Crippen LogP contribution is 2.15. The second-order valence-electron chi connectivity index (χ2n) is 3.51. The van der Waals surface area contributed by atoms with E-state index in [2.05, 4.69) is 5.32 Å². The Bertz CT molecular complexity index is 351. The van der Waals surface area contributed by atoms with Gasteiger partial charge in [0.15, 0.2) is 0 Å². The van der Waals surface area contributed by atoms with Gasteiger partial charge >= 0.3 is 0 Å². The van der Waals surface area contributed by atoms with Crippen LogP contribution < -0.4 is 15.8 Å². The summed E-state index contributed by atoms with van der Waals surface area (Å²) in [5.74, 6) is 0.673. The molecule has 1 amide bonds. The molecule has 1 rings (SSSR count). The number of nitrogens with one attached hydrogen (secondary N) is 1. The van der Waals surface area contributed by atoms with Crippen molar-refractivity contribution in [2.24, 2.45) is 5.73 Å². The maximum Gasteiger partial charge on any atom is 0.224 e. The van der Waals surface area contributed by atoms with Gasteiger partial charge in [-0.05, 0) is 24.3 Å².